The summed E-state index contributed by atoms with van der Waals surface area (Å²) in [6, 6.07) is 9.99. The molecule has 0 heterocycles. The lowest BCUT2D eigenvalue weighted by Crippen LogP contribution is -2.50. The van der Waals surface area contributed by atoms with E-state index < -0.39 is 6.10 Å². The van der Waals surface area contributed by atoms with E-state index in [1.165, 1.54) is 12.8 Å². The Labute approximate surface area is 146 Å². The molecule has 2 N–H and O–H groups in total. The Kier molecular flexibility index (Phi) is 8.10. The van der Waals surface area contributed by atoms with Crippen molar-refractivity contribution in [1.29, 1.82) is 0 Å². The monoisotopic (exact) mass is 332 g/mol. The molecule has 0 spiro atoms. The zero-order chi connectivity index (χ0) is 17.2. The van der Waals surface area contributed by atoms with Gasteiger partial charge in [-0.3, -0.25) is 0 Å². The summed E-state index contributed by atoms with van der Waals surface area (Å²) >= 11 is 0. The van der Waals surface area contributed by atoms with E-state index >= 15 is 0 Å². The van der Waals surface area contributed by atoms with Gasteiger partial charge < -0.3 is 15.3 Å². The van der Waals surface area contributed by atoms with E-state index in [9.17, 15) is 9.90 Å². The van der Waals surface area contributed by atoms with E-state index in [2.05, 4.69) is 24.4 Å². The van der Waals surface area contributed by atoms with Crippen LogP contribution in [0.5, 0.6) is 0 Å². The van der Waals surface area contributed by atoms with E-state index in [0.717, 1.165) is 50.6 Å². The van der Waals surface area contributed by atoms with Gasteiger partial charge in [-0.2, -0.15) is 0 Å². The van der Waals surface area contributed by atoms with Gasteiger partial charge in [-0.15, -0.1) is 0 Å². The summed E-state index contributed by atoms with van der Waals surface area (Å²) in [5.41, 5.74) is 1.15. The predicted octanol–water partition coefficient (Wildman–Crippen LogP) is 4.08. The summed E-state index contributed by atoms with van der Waals surface area (Å²) in [6.45, 7) is 3.59. The van der Waals surface area contributed by atoms with Crippen LogP contribution in [0.2, 0.25) is 0 Å². The molecule has 24 heavy (non-hydrogen) atoms. The minimum Gasteiger partial charge on any atom is -0.391 e. The van der Waals surface area contributed by atoms with Gasteiger partial charge in [0.05, 0.1) is 12.1 Å². The van der Waals surface area contributed by atoms with Gasteiger partial charge in [0.25, 0.3) is 0 Å². The smallest absolute Gasteiger partial charge is 0.318 e. The van der Waals surface area contributed by atoms with Crippen molar-refractivity contribution in [2.75, 3.05) is 6.54 Å². The zero-order valence-electron chi connectivity index (χ0n) is 14.9. The van der Waals surface area contributed by atoms with Crippen molar-refractivity contribution in [2.24, 2.45) is 0 Å². The Hall–Kier alpha value is -1.55. The summed E-state index contributed by atoms with van der Waals surface area (Å²) < 4.78 is 0. The number of carbonyl (C=O) groups is 1. The third-order valence-electron chi connectivity index (χ3n) is 4.82. The lowest BCUT2D eigenvalue weighted by molar-refractivity contribution is 0.0893. The molecule has 0 unspecified atom stereocenters. The number of rotatable bonds is 8. The number of carbonyl (C=O) groups excluding carboxylic acids is 1. The molecular formula is C20H32N2O2. The van der Waals surface area contributed by atoms with Crippen LogP contribution in [-0.4, -0.2) is 34.7 Å². The minimum absolute atomic E-state index is 0.0405. The van der Waals surface area contributed by atoms with Crippen molar-refractivity contribution < 1.29 is 9.90 Å². The average Bonchev–Trinajstić information content (AvgIpc) is 2.60. The topological polar surface area (TPSA) is 52.6 Å². The largest absolute Gasteiger partial charge is 0.391 e. The first-order valence-electron chi connectivity index (χ1n) is 9.48. The molecule has 0 bridgehead atoms. The highest BCUT2D eigenvalue weighted by Gasteiger charge is 2.26. The minimum atomic E-state index is -0.402. The molecule has 0 aliphatic heterocycles. The highest BCUT2D eigenvalue weighted by atomic mass is 16.3. The Morgan fingerprint density at radius 3 is 2.62 bits per heavy atom. The second kappa shape index (κ2) is 10.3. The molecule has 1 aromatic carbocycles. The van der Waals surface area contributed by atoms with Crippen LogP contribution >= 0.6 is 0 Å². The lowest BCUT2D eigenvalue weighted by atomic mass is 9.93. The van der Waals surface area contributed by atoms with Crippen molar-refractivity contribution >= 4 is 6.03 Å². The number of hydrogen-bond donors (Lipinski definition) is 2. The average molecular weight is 332 g/mol. The Morgan fingerprint density at radius 1 is 1.17 bits per heavy atom. The normalized spacial score (nSPS) is 20.6. The number of aliphatic hydroxyl groups is 1. The number of urea groups is 1. The zero-order valence-corrected chi connectivity index (χ0v) is 14.9. The maximum absolute atomic E-state index is 12.7. The van der Waals surface area contributed by atoms with Crippen LogP contribution in [0, 0.1) is 0 Å². The number of nitrogens with zero attached hydrogens (tertiary/aromatic N) is 1. The van der Waals surface area contributed by atoms with E-state index in [1.54, 1.807) is 0 Å². The summed E-state index contributed by atoms with van der Waals surface area (Å²) in [7, 11) is 0. The first-order valence-corrected chi connectivity index (χ1v) is 9.48. The van der Waals surface area contributed by atoms with Gasteiger partial charge >= 0.3 is 6.03 Å². The fourth-order valence-electron chi connectivity index (χ4n) is 3.32. The molecule has 134 valence electrons. The summed E-state index contributed by atoms with van der Waals surface area (Å²) in [5.74, 6) is 0. The summed E-state index contributed by atoms with van der Waals surface area (Å²) in [4.78, 5) is 14.6. The molecule has 2 rings (SSSR count). The van der Waals surface area contributed by atoms with Gasteiger partial charge in [-0.1, -0.05) is 69.4 Å². The Morgan fingerprint density at radius 2 is 1.92 bits per heavy atom. The quantitative estimate of drug-likeness (QED) is 0.705. The van der Waals surface area contributed by atoms with E-state index in [4.69, 9.17) is 0 Å². The molecule has 2 atom stereocenters. The first-order chi connectivity index (χ1) is 11.7. The number of nitrogens with one attached hydrogen (secondary N) is 1. The number of hydrogen-bond acceptors (Lipinski definition) is 2. The fourth-order valence-corrected chi connectivity index (χ4v) is 3.32. The maximum Gasteiger partial charge on any atom is 0.318 e. The van der Waals surface area contributed by atoms with E-state index in [1.807, 2.05) is 23.1 Å². The second-order valence-corrected chi connectivity index (χ2v) is 6.88. The highest BCUT2D eigenvalue weighted by molar-refractivity contribution is 5.74. The van der Waals surface area contributed by atoms with Crippen molar-refractivity contribution in [2.45, 2.75) is 77.0 Å². The van der Waals surface area contributed by atoms with Gasteiger partial charge in [-0.05, 0) is 24.8 Å². The molecule has 1 saturated carbocycles. The van der Waals surface area contributed by atoms with Crippen molar-refractivity contribution in [3.05, 3.63) is 35.9 Å². The van der Waals surface area contributed by atoms with Crippen LogP contribution < -0.4 is 5.32 Å². The van der Waals surface area contributed by atoms with Gasteiger partial charge in [0.15, 0.2) is 0 Å². The Balaban J connectivity index is 1.93. The van der Waals surface area contributed by atoms with Crippen LogP contribution in [0.4, 0.5) is 4.79 Å². The predicted molar refractivity (Wildman–Crippen MR) is 97.8 cm³/mol. The summed E-state index contributed by atoms with van der Waals surface area (Å²) in [6.07, 6.45) is 7.99. The molecular weight excluding hydrogens is 300 g/mol. The maximum atomic E-state index is 12.7. The molecule has 0 radical (unpaired) electrons. The number of unbranched alkanes of at least 4 members (excludes halogenated alkanes) is 3. The molecule has 1 aromatic rings. The van der Waals surface area contributed by atoms with Gasteiger partial charge in [0, 0.05) is 13.1 Å². The third-order valence-corrected chi connectivity index (χ3v) is 4.82. The molecule has 1 aliphatic rings. The SMILES string of the molecule is CCCCCCN(Cc1ccccc1)C(=O)N[C@H]1CCCC[C@@H]1O. The van der Waals surface area contributed by atoms with E-state index in [0.29, 0.717) is 6.54 Å². The molecule has 4 heteroatoms. The molecule has 4 nitrogen and oxygen atoms in total. The highest BCUT2D eigenvalue weighted by Crippen LogP contribution is 2.19. The Bertz CT molecular complexity index is 478. The third kappa shape index (κ3) is 6.16. The fraction of sp³-hybridized carbons (Fsp3) is 0.650. The molecule has 0 saturated heterocycles. The van der Waals surface area contributed by atoms with Crippen LogP contribution in [0.15, 0.2) is 30.3 Å². The number of aliphatic hydroxyl groups excluding tert-OH is 1. The second-order valence-electron chi connectivity index (χ2n) is 6.88. The molecule has 1 fully saturated rings. The van der Waals surface area contributed by atoms with Gasteiger partial charge in [-0.25, -0.2) is 4.79 Å². The van der Waals surface area contributed by atoms with Crippen LogP contribution in [0.25, 0.3) is 0 Å². The van der Waals surface area contributed by atoms with Gasteiger partial charge in [0.1, 0.15) is 0 Å². The van der Waals surface area contributed by atoms with Gasteiger partial charge in [0.2, 0.25) is 0 Å². The number of amides is 2. The molecule has 1 aliphatic carbocycles. The van der Waals surface area contributed by atoms with Crippen LogP contribution in [-0.2, 0) is 6.54 Å². The number of benzene rings is 1. The van der Waals surface area contributed by atoms with Crippen molar-refractivity contribution in [3.63, 3.8) is 0 Å². The van der Waals surface area contributed by atoms with Crippen molar-refractivity contribution in [1.82, 2.24) is 10.2 Å². The van der Waals surface area contributed by atoms with E-state index in [-0.39, 0.29) is 12.1 Å². The van der Waals surface area contributed by atoms with Crippen LogP contribution in [0.1, 0.15) is 63.9 Å². The standard InChI is InChI=1S/C20H32N2O2/c1-2-3-4-10-15-22(16-17-11-6-5-7-12-17)20(24)21-18-13-8-9-14-19(18)23/h5-7,11-12,18-19,23H,2-4,8-10,13-16H2,1H3,(H,21,24)/t18-,19-/m0/s1. The molecule has 0 aromatic heterocycles. The van der Waals surface area contributed by atoms with Crippen molar-refractivity contribution in [3.8, 4) is 0 Å². The first kappa shape index (κ1) is 18.8. The van der Waals surface area contributed by atoms with Crippen LogP contribution in [0.3, 0.4) is 0 Å². The molecule has 2 amide bonds. The summed E-state index contributed by atoms with van der Waals surface area (Å²) in [5, 5.41) is 13.2. The lowest BCUT2D eigenvalue weighted by Gasteiger charge is -2.31.